The number of pyridine rings is 1. The molecule has 1 aromatic heterocycles. The second-order valence-corrected chi connectivity index (χ2v) is 4.40. The molecule has 0 spiro atoms. The molecular formula is C12H17ClN2. The quantitative estimate of drug-likeness (QED) is 0.718. The fourth-order valence-electron chi connectivity index (χ4n) is 2.11. The van der Waals surface area contributed by atoms with Gasteiger partial charge in [-0.15, -0.1) is 11.6 Å². The molecule has 0 amide bonds. The Morgan fingerprint density at radius 3 is 2.73 bits per heavy atom. The average molecular weight is 225 g/mol. The Hall–Kier alpha value is -0.760. The van der Waals surface area contributed by atoms with Gasteiger partial charge < -0.3 is 4.90 Å². The van der Waals surface area contributed by atoms with Gasteiger partial charge in [-0.25, -0.2) is 0 Å². The molecule has 0 radical (unpaired) electrons. The molecular weight excluding hydrogens is 208 g/mol. The van der Waals surface area contributed by atoms with Gasteiger partial charge in [-0.2, -0.15) is 0 Å². The van der Waals surface area contributed by atoms with Gasteiger partial charge in [0.15, 0.2) is 0 Å². The lowest BCUT2D eigenvalue weighted by molar-refractivity contribution is 0.576. The molecule has 1 aromatic rings. The molecule has 0 N–H and O–H groups in total. The highest BCUT2D eigenvalue weighted by Gasteiger charge is 2.14. The molecule has 1 fully saturated rings. The van der Waals surface area contributed by atoms with Crippen LogP contribution in [-0.4, -0.2) is 18.1 Å². The summed E-state index contributed by atoms with van der Waals surface area (Å²) < 4.78 is 0. The number of nitrogens with zero attached hydrogens (tertiary/aromatic N) is 2. The molecule has 15 heavy (non-hydrogen) atoms. The van der Waals surface area contributed by atoms with Crippen molar-refractivity contribution in [2.24, 2.45) is 0 Å². The fraction of sp³-hybridized carbons (Fsp3) is 0.583. The first-order valence-corrected chi connectivity index (χ1v) is 6.11. The maximum absolute atomic E-state index is 5.94. The second-order valence-electron chi connectivity index (χ2n) is 4.14. The van der Waals surface area contributed by atoms with Gasteiger partial charge in [0.2, 0.25) is 0 Å². The number of aromatic nitrogens is 1. The van der Waals surface area contributed by atoms with E-state index >= 15 is 0 Å². The highest BCUT2D eigenvalue weighted by molar-refractivity contribution is 6.17. The van der Waals surface area contributed by atoms with E-state index in [-0.39, 0.29) is 0 Å². The van der Waals surface area contributed by atoms with Crippen LogP contribution in [0.1, 0.15) is 30.5 Å². The molecule has 0 aromatic carbocycles. The summed E-state index contributed by atoms with van der Waals surface area (Å²) in [6, 6.07) is 2.16. The van der Waals surface area contributed by atoms with E-state index in [9.17, 15) is 0 Å². The van der Waals surface area contributed by atoms with E-state index in [0.717, 1.165) is 24.3 Å². The first-order chi connectivity index (χ1) is 7.31. The van der Waals surface area contributed by atoms with Crippen LogP contribution in [0.4, 0.5) is 5.69 Å². The number of piperidine rings is 1. The molecule has 0 atom stereocenters. The number of alkyl halides is 1. The van der Waals surface area contributed by atoms with Gasteiger partial charge in [0.1, 0.15) is 0 Å². The number of anilines is 1. The smallest absolute Gasteiger partial charge is 0.0509 e. The molecule has 0 unspecified atom stereocenters. The molecule has 1 aliphatic heterocycles. The zero-order chi connectivity index (χ0) is 10.7. The van der Waals surface area contributed by atoms with Gasteiger partial charge >= 0.3 is 0 Å². The van der Waals surface area contributed by atoms with Crippen LogP contribution in [-0.2, 0) is 5.88 Å². The minimum absolute atomic E-state index is 0.555. The van der Waals surface area contributed by atoms with Crippen molar-refractivity contribution in [2.75, 3.05) is 18.0 Å². The van der Waals surface area contributed by atoms with Crippen molar-refractivity contribution in [3.8, 4) is 0 Å². The molecule has 0 saturated carbocycles. The van der Waals surface area contributed by atoms with Crippen LogP contribution in [0.5, 0.6) is 0 Å². The Labute approximate surface area is 96.3 Å². The highest BCUT2D eigenvalue weighted by Crippen LogP contribution is 2.25. The lowest BCUT2D eigenvalue weighted by Gasteiger charge is -2.30. The number of hydrogen-bond acceptors (Lipinski definition) is 2. The van der Waals surface area contributed by atoms with Crippen LogP contribution in [0.15, 0.2) is 12.3 Å². The normalized spacial score (nSPS) is 16.8. The fourth-order valence-corrected chi connectivity index (χ4v) is 2.31. The first kappa shape index (κ1) is 10.7. The SMILES string of the molecule is Cc1cc(N2CCCCC2)c(CCl)cn1. The van der Waals surface area contributed by atoms with Crippen molar-refractivity contribution in [1.29, 1.82) is 0 Å². The standard InChI is InChI=1S/C12H17ClN2/c1-10-7-12(11(8-13)9-14-10)15-5-3-2-4-6-15/h7,9H,2-6,8H2,1H3. The van der Waals surface area contributed by atoms with E-state index < -0.39 is 0 Å². The van der Waals surface area contributed by atoms with E-state index in [0.29, 0.717) is 5.88 Å². The summed E-state index contributed by atoms with van der Waals surface area (Å²) in [6.07, 6.45) is 5.86. The van der Waals surface area contributed by atoms with E-state index in [1.807, 2.05) is 13.1 Å². The van der Waals surface area contributed by atoms with Gasteiger partial charge in [0.25, 0.3) is 0 Å². The lowest BCUT2D eigenvalue weighted by atomic mass is 10.1. The van der Waals surface area contributed by atoms with Crippen molar-refractivity contribution in [3.63, 3.8) is 0 Å². The maximum Gasteiger partial charge on any atom is 0.0509 e. The molecule has 1 aliphatic rings. The van der Waals surface area contributed by atoms with Gasteiger partial charge in [0.05, 0.1) is 5.88 Å². The molecule has 3 heteroatoms. The third-order valence-electron chi connectivity index (χ3n) is 2.94. The Morgan fingerprint density at radius 1 is 1.33 bits per heavy atom. The molecule has 82 valence electrons. The molecule has 2 heterocycles. The second kappa shape index (κ2) is 4.84. The Kier molecular flexibility index (Phi) is 3.47. The van der Waals surface area contributed by atoms with Crippen molar-refractivity contribution in [2.45, 2.75) is 32.1 Å². The topological polar surface area (TPSA) is 16.1 Å². The van der Waals surface area contributed by atoms with Crippen LogP contribution in [0.3, 0.4) is 0 Å². The number of hydrogen-bond donors (Lipinski definition) is 0. The van der Waals surface area contributed by atoms with E-state index in [2.05, 4.69) is 16.0 Å². The summed E-state index contributed by atoms with van der Waals surface area (Å²) in [5, 5.41) is 0. The van der Waals surface area contributed by atoms with Gasteiger partial charge in [0, 0.05) is 36.2 Å². The predicted molar refractivity (Wildman–Crippen MR) is 64.6 cm³/mol. The molecule has 0 bridgehead atoms. The summed E-state index contributed by atoms with van der Waals surface area (Å²) >= 11 is 5.94. The first-order valence-electron chi connectivity index (χ1n) is 5.57. The van der Waals surface area contributed by atoms with Crippen LogP contribution >= 0.6 is 11.6 Å². The van der Waals surface area contributed by atoms with Gasteiger partial charge in [-0.3, -0.25) is 4.98 Å². The summed E-state index contributed by atoms with van der Waals surface area (Å²) in [6.45, 7) is 4.35. The molecule has 2 nitrogen and oxygen atoms in total. The third kappa shape index (κ3) is 2.43. The number of halogens is 1. The van der Waals surface area contributed by atoms with E-state index in [4.69, 9.17) is 11.6 Å². The Balaban J connectivity index is 2.27. The monoisotopic (exact) mass is 224 g/mol. The zero-order valence-electron chi connectivity index (χ0n) is 9.17. The van der Waals surface area contributed by atoms with E-state index in [1.165, 1.54) is 24.9 Å². The number of aryl methyl sites for hydroxylation is 1. The van der Waals surface area contributed by atoms with Crippen molar-refractivity contribution < 1.29 is 0 Å². The molecule has 0 aliphatic carbocycles. The van der Waals surface area contributed by atoms with Gasteiger partial charge in [-0.1, -0.05) is 0 Å². The van der Waals surface area contributed by atoms with Crippen LogP contribution in [0.2, 0.25) is 0 Å². The van der Waals surface area contributed by atoms with Crippen LogP contribution < -0.4 is 4.90 Å². The molecule has 2 rings (SSSR count). The summed E-state index contributed by atoms with van der Waals surface area (Å²) in [5.74, 6) is 0.555. The van der Waals surface area contributed by atoms with Crippen LogP contribution in [0.25, 0.3) is 0 Å². The van der Waals surface area contributed by atoms with Crippen LogP contribution in [0, 0.1) is 6.92 Å². The third-order valence-corrected chi connectivity index (χ3v) is 3.23. The summed E-state index contributed by atoms with van der Waals surface area (Å²) in [7, 11) is 0. The zero-order valence-corrected chi connectivity index (χ0v) is 9.93. The minimum atomic E-state index is 0.555. The summed E-state index contributed by atoms with van der Waals surface area (Å²) in [5.41, 5.74) is 3.52. The minimum Gasteiger partial charge on any atom is -0.371 e. The van der Waals surface area contributed by atoms with E-state index in [1.54, 1.807) is 0 Å². The predicted octanol–water partition coefficient (Wildman–Crippen LogP) is 3.12. The number of rotatable bonds is 2. The average Bonchev–Trinajstić information content (AvgIpc) is 2.30. The Morgan fingerprint density at radius 2 is 2.07 bits per heavy atom. The van der Waals surface area contributed by atoms with Crippen molar-refractivity contribution >= 4 is 17.3 Å². The van der Waals surface area contributed by atoms with Gasteiger partial charge in [-0.05, 0) is 32.3 Å². The summed E-state index contributed by atoms with van der Waals surface area (Å²) in [4.78, 5) is 6.73. The molecule has 1 saturated heterocycles. The Bertz CT molecular complexity index is 332. The van der Waals surface area contributed by atoms with Crippen molar-refractivity contribution in [3.05, 3.63) is 23.5 Å². The lowest BCUT2D eigenvalue weighted by Crippen LogP contribution is -2.30. The largest absolute Gasteiger partial charge is 0.371 e. The highest BCUT2D eigenvalue weighted by atomic mass is 35.5. The maximum atomic E-state index is 5.94. The van der Waals surface area contributed by atoms with Crippen molar-refractivity contribution in [1.82, 2.24) is 4.98 Å².